The van der Waals surface area contributed by atoms with Crippen LogP contribution in [0.4, 0.5) is 0 Å². The standard InChI is InChI=1S/C19H32O4/c1-6-19(5,23-17(22)12-11-16(20)21)13-14-7-9-15(10-8-14)18(2,3)4/h11-12,14-15H,6-10,13H2,1-5H3,(H,20,21)/b12-11+. The van der Waals surface area contributed by atoms with Crippen LogP contribution < -0.4 is 0 Å². The molecule has 0 saturated heterocycles. The lowest BCUT2D eigenvalue weighted by molar-refractivity contribution is -0.154. The Hall–Kier alpha value is -1.32. The van der Waals surface area contributed by atoms with Gasteiger partial charge in [0.2, 0.25) is 0 Å². The summed E-state index contributed by atoms with van der Waals surface area (Å²) in [7, 11) is 0. The summed E-state index contributed by atoms with van der Waals surface area (Å²) in [5, 5.41) is 8.57. The van der Waals surface area contributed by atoms with Gasteiger partial charge in [0.05, 0.1) is 0 Å². The van der Waals surface area contributed by atoms with Crippen molar-refractivity contribution in [1.82, 2.24) is 0 Å². The molecule has 132 valence electrons. The molecule has 1 atom stereocenters. The van der Waals surface area contributed by atoms with Gasteiger partial charge in [-0.05, 0) is 49.9 Å². The third-order valence-electron chi connectivity index (χ3n) is 5.25. The first-order chi connectivity index (χ1) is 10.6. The van der Waals surface area contributed by atoms with Crippen LogP contribution in [0.2, 0.25) is 0 Å². The van der Waals surface area contributed by atoms with Crippen molar-refractivity contribution in [3.63, 3.8) is 0 Å². The van der Waals surface area contributed by atoms with E-state index in [0.717, 1.165) is 30.9 Å². The Morgan fingerprint density at radius 2 is 1.65 bits per heavy atom. The van der Waals surface area contributed by atoms with Crippen LogP contribution in [0.1, 0.15) is 73.1 Å². The molecule has 0 amide bonds. The molecule has 4 heteroatoms. The molecular formula is C19H32O4. The molecule has 1 rings (SSSR count). The number of hydrogen-bond donors (Lipinski definition) is 1. The second-order valence-corrected chi connectivity index (χ2v) is 8.18. The third-order valence-corrected chi connectivity index (χ3v) is 5.25. The molecule has 0 heterocycles. The molecular weight excluding hydrogens is 292 g/mol. The quantitative estimate of drug-likeness (QED) is 0.573. The summed E-state index contributed by atoms with van der Waals surface area (Å²) >= 11 is 0. The Bertz CT molecular complexity index is 439. The summed E-state index contributed by atoms with van der Waals surface area (Å²) in [6.07, 6.45) is 8.24. The van der Waals surface area contributed by atoms with Crippen molar-refractivity contribution in [2.75, 3.05) is 0 Å². The van der Waals surface area contributed by atoms with Crippen LogP contribution in [-0.2, 0) is 14.3 Å². The average Bonchev–Trinajstić information content (AvgIpc) is 2.44. The topological polar surface area (TPSA) is 63.6 Å². The normalized spacial score (nSPS) is 25.1. The lowest BCUT2D eigenvalue weighted by Crippen LogP contribution is -2.35. The van der Waals surface area contributed by atoms with Crippen LogP contribution in [0, 0.1) is 17.3 Å². The van der Waals surface area contributed by atoms with Crippen LogP contribution in [0.15, 0.2) is 12.2 Å². The second-order valence-electron chi connectivity index (χ2n) is 8.18. The number of hydrogen-bond acceptors (Lipinski definition) is 3. The fraction of sp³-hybridized carbons (Fsp3) is 0.789. The fourth-order valence-corrected chi connectivity index (χ4v) is 3.52. The Labute approximate surface area is 140 Å². The minimum atomic E-state index is -1.14. The van der Waals surface area contributed by atoms with Crippen molar-refractivity contribution in [3.05, 3.63) is 12.2 Å². The van der Waals surface area contributed by atoms with Gasteiger partial charge in [0, 0.05) is 12.2 Å². The van der Waals surface area contributed by atoms with E-state index in [2.05, 4.69) is 20.8 Å². The molecule has 23 heavy (non-hydrogen) atoms. The Morgan fingerprint density at radius 3 is 2.09 bits per heavy atom. The highest BCUT2D eigenvalue weighted by atomic mass is 16.6. The molecule has 1 aliphatic rings. The summed E-state index contributed by atoms with van der Waals surface area (Å²) in [6.45, 7) is 10.9. The summed E-state index contributed by atoms with van der Waals surface area (Å²) in [5.41, 5.74) is -0.147. The maximum absolute atomic E-state index is 11.8. The third kappa shape index (κ3) is 6.76. The lowest BCUT2D eigenvalue weighted by atomic mass is 9.68. The van der Waals surface area contributed by atoms with Gasteiger partial charge in [0.15, 0.2) is 0 Å². The SMILES string of the molecule is CCC(C)(CC1CCC(C(C)(C)C)CC1)OC(=O)/C=C/C(=O)O. The van der Waals surface area contributed by atoms with Gasteiger partial charge in [-0.25, -0.2) is 9.59 Å². The number of esters is 1. The summed E-state index contributed by atoms with van der Waals surface area (Å²) < 4.78 is 5.55. The first kappa shape index (κ1) is 19.7. The van der Waals surface area contributed by atoms with Gasteiger partial charge in [-0.3, -0.25) is 0 Å². The van der Waals surface area contributed by atoms with Crippen molar-refractivity contribution in [2.24, 2.45) is 17.3 Å². The smallest absolute Gasteiger partial charge is 0.331 e. The molecule has 0 aromatic carbocycles. The molecule has 0 spiro atoms. The molecule has 1 unspecified atom stereocenters. The van der Waals surface area contributed by atoms with Crippen LogP contribution >= 0.6 is 0 Å². The zero-order valence-corrected chi connectivity index (χ0v) is 15.2. The highest BCUT2D eigenvalue weighted by Gasteiger charge is 2.34. The maximum atomic E-state index is 11.8. The molecule has 4 nitrogen and oxygen atoms in total. The Morgan fingerprint density at radius 1 is 1.09 bits per heavy atom. The second kappa shape index (κ2) is 7.98. The van der Waals surface area contributed by atoms with Crippen LogP contribution in [-0.4, -0.2) is 22.6 Å². The number of carboxylic acid groups (broad SMARTS) is 1. The van der Waals surface area contributed by atoms with E-state index in [9.17, 15) is 9.59 Å². The van der Waals surface area contributed by atoms with Crippen LogP contribution in [0.5, 0.6) is 0 Å². The van der Waals surface area contributed by atoms with Crippen molar-refractivity contribution in [3.8, 4) is 0 Å². The van der Waals surface area contributed by atoms with Crippen molar-refractivity contribution >= 4 is 11.9 Å². The number of carbonyl (C=O) groups is 2. The average molecular weight is 324 g/mol. The van der Waals surface area contributed by atoms with E-state index in [1.807, 2.05) is 13.8 Å². The van der Waals surface area contributed by atoms with Gasteiger partial charge in [0.25, 0.3) is 0 Å². The monoisotopic (exact) mass is 324 g/mol. The van der Waals surface area contributed by atoms with E-state index >= 15 is 0 Å². The minimum absolute atomic E-state index is 0.368. The van der Waals surface area contributed by atoms with E-state index < -0.39 is 17.5 Å². The highest BCUT2D eigenvalue weighted by Crippen LogP contribution is 2.42. The molecule has 0 radical (unpaired) electrons. The zero-order chi connectivity index (χ0) is 17.7. The Kier molecular flexibility index (Phi) is 6.84. The highest BCUT2D eigenvalue weighted by molar-refractivity contribution is 5.90. The fourth-order valence-electron chi connectivity index (χ4n) is 3.52. The predicted molar refractivity (Wildman–Crippen MR) is 91.1 cm³/mol. The first-order valence-corrected chi connectivity index (χ1v) is 8.69. The zero-order valence-electron chi connectivity index (χ0n) is 15.2. The maximum Gasteiger partial charge on any atom is 0.331 e. The van der Waals surface area contributed by atoms with Crippen molar-refractivity contribution < 1.29 is 19.4 Å². The van der Waals surface area contributed by atoms with Crippen molar-refractivity contribution in [1.29, 1.82) is 0 Å². The molecule has 1 aliphatic carbocycles. The van der Waals surface area contributed by atoms with Gasteiger partial charge in [0.1, 0.15) is 5.60 Å². The van der Waals surface area contributed by atoms with E-state index in [4.69, 9.17) is 9.84 Å². The van der Waals surface area contributed by atoms with Gasteiger partial charge in [-0.2, -0.15) is 0 Å². The summed E-state index contributed by atoms with van der Waals surface area (Å²) in [5.74, 6) is -0.358. The van der Waals surface area contributed by atoms with Gasteiger partial charge < -0.3 is 9.84 Å². The van der Waals surface area contributed by atoms with E-state index in [1.54, 1.807) is 0 Å². The Balaban J connectivity index is 2.56. The van der Waals surface area contributed by atoms with E-state index in [1.165, 1.54) is 25.7 Å². The van der Waals surface area contributed by atoms with E-state index in [0.29, 0.717) is 11.3 Å². The predicted octanol–water partition coefficient (Wildman–Crippen LogP) is 4.58. The molecule has 0 bridgehead atoms. The van der Waals surface area contributed by atoms with Crippen molar-refractivity contribution in [2.45, 2.75) is 78.7 Å². The molecule has 1 N–H and O–H groups in total. The summed E-state index contributed by atoms with van der Waals surface area (Å²) in [6, 6.07) is 0. The van der Waals surface area contributed by atoms with Crippen LogP contribution in [0.25, 0.3) is 0 Å². The van der Waals surface area contributed by atoms with Gasteiger partial charge >= 0.3 is 11.9 Å². The number of aliphatic carboxylic acids is 1. The van der Waals surface area contributed by atoms with Gasteiger partial charge in [-0.1, -0.05) is 40.5 Å². The lowest BCUT2D eigenvalue weighted by Gasteiger charge is -2.39. The summed E-state index contributed by atoms with van der Waals surface area (Å²) in [4.78, 5) is 22.2. The molecule has 0 aromatic heterocycles. The number of carboxylic acids is 1. The molecule has 1 fully saturated rings. The first-order valence-electron chi connectivity index (χ1n) is 8.69. The number of carbonyl (C=O) groups excluding carboxylic acids is 1. The van der Waals surface area contributed by atoms with E-state index in [-0.39, 0.29) is 0 Å². The minimum Gasteiger partial charge on any atom is -0.478 e. The van der Waals surface area contributed by atoms with Crippen LogP contribution in [0.3, 0.4) is 0 Å². The molecule has 0 aromatic rings. The molecule has 1 saturated carbocycles. The number of ether oxygens (including phenoxy) is 1. The molecule has 0 aliphatic heterocycles. The number of rotatable bonds is 6. The largest absolute Gasteiger partial charge is 0.478 e. The van der Waals surface area contributed by atoms with Gasteiger partial charge in [-0.15, -0.1) is 0 Å².